The highest BCUT2D eigenvalue weighted by molar-refractivity contribution is 5.78. The average molecular weight is 181 g/mol. The summed E-state index contributed by atoms with van der Waals surface area (Å²) in [6, 6.07) is 0.429. The van der Waals surface area contributed by atoms with Crippen LogP contribution in [0.5, 0.6) is 0 Å². The van der Waals surface area contributed by atoms with E-state index in [1.807, 2.05) is 4.90 Å². The van der Waals surface area contributed by atoms with E-state index in [1.54, 1.807) is 6.20 Å². The molecule has 0 spiro atoms. The lowest BCUT2D eigenvalue weighted by Gasteiger charge is -2.32. The monoisotopic (exact) mass is 181 g/mol. The number of hydrogen-bond acceptors (Lipinski definition) is 1. The molecule has 1 aliphatic heterocycles. The predicted octanol–water partition coefficient (Wildman–Crippen LogP) is 2.70. The van der Waals surface area contributed by atoms with Crippen molar-refractivity contribution < 1.29 is 4.79 Å². The molecular weight excluding hydrogens is 162 g/mol. The van der Waals surface area contributed by atoms with Gasteiger partial charge in [0.05, 0.1) is 0 Å². The largest absolute Gasteiger partial charge is 0.317 e. The Hall–Kier alpha value is -0.790. The van der Waals surface area contributed by atoms with Gasteiger partial charge in [0.25, 0.3) is 0 Å². The molecule has 0 radical (unpaired) electrons. The Labute approximate surface area is 80.6 Å². The first-order valence-electron chi connectivity index (χ1n) is 5.23. The molecule has 1 unspecified atom stereocenters. The van der Waals surface area contributed by atoms with E-state index in [-0.39, 0.29) is 5.91 Å². The fourth-order valence-corrected chi connectivity index (χ4v) is 1.93. The van der Waals surface area contributed by atoms with Gasteiger partial charge in [-0.05, 0) is 25.5 Å². The van der Waals surface area contributed by atoms with Crippen molar-refractivity contribution in [3.05, 3.63) is 12.8 Å². The maximum absolute atomic E-state index is 11.5. The van der Waals surface area contributed by atoms with Crippen LogP contribution in [-0.4, -0.2) is 16.8 Å². The number of amides is 1. The van der Waals surface area contributed by atoms with Gasteiger partial charge in [-0.1, -0.05) is 26.3 Å². The molecule has 0 aromatic carbocycles. The number of carbonyl (C=O) groups excluding carboxylic acids is 1. The van der Waals surface area contributed by atoms with Crippen LogP contribution in [0.1, 0.15) is 45.4 Å². The van der Waals surface area contributed by atoms with Crippen LogP contribution in [0.25, 0.3) is 0 Å². The second kappa shape index (κ2) is 5.05. The number of carbonyl (C=O) groups is 1. The van der Waals surface area contributed by atoms with Crippen molar-refractivity contribution in [2.45, 2.75) is 51.5 Å². The summed E-state index contributed by atoms with van der Waals surface area (Å²) in [5.74, 6) is 0.252. The van der Waals surface area contributed by atoms with Gasteiger partial charge in [0.15, 0.2) is 0 Å². The van der Waals surface area contributed by atoms with Crippen LogP contribution in [0.2, 0.25) is 0 Å². The summed E-state index contributed by atoms with van der Waals surface area (Å²) in [4.78, 5) is 13.3. The van der Waals surface area contributed by atoms with E-state index < -0.39 is 0 Å². The normalized spacial score (nSPS) is 23.3. The van der Waals surface area contributed by atoms with Gasteiger partial charge in [-0.15, -0.1) is 0 Å². The summed E-state index contributed by atoms with van der Waals surface area (Å²) < 4.78 is 0. The molecule has 0 saturated carbocycles. The van der Waals surface area contributed by atoms with Gasteiger partial charge in [0.2, 0.25) is 5.91 Å². The van der Waals surface area contributed by atoms with E-state index >= 15 is 0 Å². The molecule has 1 heterocycles. The van der Waals surface area contributed by atoms with Crippen molar-refractivity contribution in [1.82, 2.24) is 4.90 Å². The number of piperidine rings is 1. The van der Waals surface area contributed by atoms with Gasteiger partial charge in [-0.2, -0.15) is 0 Å². The first-order valence-corrected chi connectivity index (χ1v) is 5.23. The third kappa shape index (κ3) is 2.58. The van der Waals surface area contributed by atoms with Crippen molar-refractivity contribution >= 4 is 5.91 Å². The van der Waals surface area contributed by atoms with Crippen molar-refractivity contribution in [3.8, 4) is 0 Å². The molecule has 0 aliphatic carbocycles. The Morgan fingerprint density at radius 2 is 2.46 bits per heavy atom. The highest BCUT2D eigenvalue weighted by Crippen LogP contribution is 2.22. The van der Waals surface area contributed by atoms with Crippen LogP contribution >= 0.6 is 0 Å². The number of hydrogen-bond donors (Lipinski definition) is 0. The van der Waals surface area contributed by atoms with Crippen LogP contribution < -0.4 is 0 Å². The second-order valence-electron chi connectivity index (χ2n) is 3.67. The number of unbranched alkanes of at least 4 members (excludes halogenated alkanes) is 1. The quantitative estimate of drug-likeness (QED) is 0.653. The summed E-state index contributed by atoms with van der Waals surface area (Å²) in [5.41, 5.74) is 0. The van der Waals surface area contributed by atoms with E-state index in [4.69, 9.17) is 0 Å². The van der Waals surface area contributed by atoms with E-state index in [2.05, 4.69) is 13.5 Å². The highest BCUT2D eigenvalue weighted by Gasteiger charge is 2.24. The lowest BCUT2D eigenvalue weighted by Crippen LogP contribution is -2.39. The molecule has 1 amide bonds. The fraction of sp³-hybridized carbons (Fsp3) is 0.727. The Morgan fingerprint density at radius 3 is 3.08 bits per heavy atom. The third-order valence-corrected chi connectivity index (χ3v) is 2.70. The lowest BCUT2D eigenvalue weighted by atomic mass is 9.97. The molecule has 0 N–H and O–H groups in total. The minimum absolute atomic E-state index is 0.252. The predicted molar refractivity (Wildman–Crippen MR) is 54.2 cm³/mol. The summed E-state index contributed by atoms with van der Waals surface area (Å²) in [6.45, 7) is 5.88. The van der Waals surface area contributed by atoms with Gasteiger partial charge in [0.1, 0.15) is 0 Å². The zero-order valence-electron chi connectivity index (χ0n) is 8.46. The topological polar surface area (TPSA) is 20.3 Å². The zero-order chi connectivity index (χ0) is 9.68. The molecule has 0 bridgehead atoms. The molecule has 1 rings (SSSR count). The minimum atomic E-state index is 0.252. The molecule has 13 heavy (non-hydrogen) atoms. The molecule has 1 fully saturated rings. The van der Waals surface area contributed by atoms with E-state index in [0.717, 1.165) is 19.3 Å². The number of rotatable bonds is 4. The van der Waals surface area contributed by atoms with Gasteiger partial charge < -0.3 is 4.90 Å². The number of likely N-dealkylation sites (tertiary alicyclic amines) is 1. The smallest absolute Gasteiger partial charge is 0.226 e. The van der Waals surface area contributed by atoms with E-state index in [1.165, 1.54) is 12.8 Å². The van der Waals surface area contributed by atoms with E-state index in [9.17, 15) is 4.79 Å². The fourth-order valence-electron chi connectivity index (χ4n) is 1.93. The molecule has 2 nitrogen and oxygen atoms in total. The summed E-state index contributed by atoms with van der Waals surface area (Å²) in [7, 11) is 0. The van der Waals surface area contributed by atoms with Gasteiger partial charge >= 0.3 is 0 Å². The second-order valence-corrected chi connectivity index (χ2v) is 3.67. The minimum Gasteiger partial charge on any atom is -0.317 e. The van der Waals surface area contributed by atoms with Crippen LogP contribution in [0.15, 0.2) is 12.8 Å². The first kappa shape index (κ1) is 10.3. The van der Waals surface area contributed by atoms with Crippen LogP contribution in [-0.2, 0) is 4.79 Å². The Morgan fingerprint density at radius 1 is 1.69 bits per heavy atom. The highest BCUT2D eigenvalue weighted by atomic mass is 16.2. The molecule has 1 saturated heterocycles. The summed E-state index contributed by atoms with van der Waals surface area (Å²) in [6.07, 6.45) is 8.15. The molecular formula is C11H19NO. The Balaban J connectivity index is 2.49. The van der Waals surface area contributed by atoms with Crippen molar-refractivity contribution in [1.29, 1.82) is 0 Å². The molecule has 0 aromatic rings. The molecule has 1 aliphatic rings. The Kier molecular flexibility index (Phi) is 4.00. The SMILES string of the molecule is C=CN1C(=O)CCCC1CCCC. The van der Waals surface area contributed by atoms with Gasteiger partial charge in [-0.3, -0.25) is 4.79 Å². The third-order valence-electron chi connectivity index (χ3n) is 2.70. The summed E-state index contributed by atoms with van der Waals surface area (Å²) in [5, 5.41) is 0. The maximum Gasteiger partial charge on any atom is 0.226 e. The van der Waals surface area contributed by atoms with E-state index in [0.29, 0.717) is 12.5 Å². The summed E-state index contributed by atoms with van der Waals surface area (Å²) >= 11 is 0. The van der Waals surface area contributed by atoms with Crippen molar-refractivity contribution in [2.24, 2.45) is 0 Å². The maximum atomic E-state index is 11.5. The molecule has 0 aromatic heterocycles. The molecule has 74 valence electrons. The van der Waals surface area contributed by atoms with Crippen molar-refractivity contribution in [2.75, 3.05) is 0 Å². The first-order chi connectivity index (χ1) is 6.29. The Bertz CT molecular complexity index is 189. The van der Waals surface area contributed by atoms with Gasteiger partial charge in [0, 0.05) is 12.5 Å². The molecule has 2 heteroatoms. The molecule has 1 atom stereocenters. The van der Waals surface area contributed by atoms with Crippen LogP contribution in [0.4, 0.5) is 0 Å². The average Bonchev–Trinajstić information content (AvgIpc) is 2.15. The lowest BCUT2D eigenvalue weighted by molar-refractivity contribution is -0.133. The van der Waals surface area contributed by atoms with Crippen LogP contribution in [0.3, 0.4) is 0 Å². The van der Waals surface area contributed by atoms with Crippen molar-refractivity contribution in [3.63, 3.8) is 0 Å². The van der Waals surface area contributed by atoms with Gasteiger partial charge in [-0.25, -0.2) is 0 Å². The number of nitrogens with zero attached hydrogens (tertiary/aromatic N) is 1. The van der Waals surface area contributed by atoms with Crippen LogP contribution in [0, 0.1) is 0 Å². The standard InChI is InChI=1S/C11H19NO/c1-3-5-7-10-8-6-9-11(13)12(10)4-2/h4,10H,2-3,5-9H2,1H3. The zero-order valence-corrected chi connectivity index (χ0v) is 8.46.